The van der Waals surface area contributed by atoms with Crippen LogP contribution >= 0.6 is 0 Å². The number of nitrogens with two attached hydrogens (primary N) is 1. The Kier molecular flexibility index (Phi) is 4.24. The van der Waals surface area contributed by atoms with Gasteiger partial charge in [-0.05, 0) is 17.7 Å². The topological polar surface area (TPSA) is 91.0 Å². The summed E-state index contributed by atoms with van der Waals surface area (Å²) in [5.74, 6) is -0.0410. The van der Waals surface area contributed by atoms with Gasteiger partial charge in [-0.2, -0.15) is 0 Å². The van der Waals surface area contributed by atoms with Gasteiger partial charge in [0.2, 0.25) is 0 Å². The molecule has 1 heterocycles. The first kappa shape index (κ1) is 13.6. The number of benzene rings is 1. The summed E-state index contributed by atoms with van der Waals surface area (Å²) in [6.07, 6.45) is 0.767. The van der Waals surface area contributed by atoms with Crippen molar-refractivity contribution in [1.29, 1.82) is 0 Å². The van der Waals surface area contributed by atoms with Crippen LogP contribution < -0.4 is 15.2 Å². The summed E-state index contributed by atoms with van der Waals surface area (Å²) in [6, 6.07) is 3.81. The quantitative estimate of drug-likeness (QED) is 0.825. The van der Waals surface area contributed by atoms with E-state index in [0.717, 1.165) is 6.42 Å². The van der Waals surface area contributed by atoms with Crippen molar-refractivity contribution in [2.24, 2.45) is 5.73 Å². The Morgan fingerprint density at radius 2 is 2.32 bits per heavy atom. The van der Waals surface area contributed by atoms with Crippen LogP contribution in [-0.4, -0.2) is 37.5 Å². The third kappa shape index (κ3) is 3.15. The van der Waals surface area contributed by atoms with E-state index in [-0.39, 0.29) is 6.10 Å². The molecule has 3 N–H and O–H groups in total. The number of carboxylic acid groups (broad SMARTS) is 1. The molecule has 1 aliphatic heterocycles. The first-order chi connectivity index (χ1) is 9.11. The van der Waals surface area contributed by atoms with Crippen molar-refractivity contribution in [1.82, 2.24) is 0 Å². The van der Waals surface area contributed by atoms with Crippen LogP contribution in [0.3, 0.4) is 0 Å². The smallest absolute Gasteiger partial charge is 0.325 e. The second kappa shape index (κ2) is 5.90. The standard InChI is InChI=1S/C13H17NO5/c1-17-10-3-2-8(12(14)13(15)16)6-11(10)19-9-4-5-18-7-9/h2-3,6,9,12H,4-5,7,14H2,1H3,(H,15,16). The van der Waals surface area contributed by atoms with Gasteiger partial charge in [-0.1, -0.05) is 6.07 Å². The SMILES string of the molecule is COc1ccc(C(N)C(=O)O)cc1OC1CCOC1. The van der Waals surface area contributed by atoms with Gasteiger partial charge >= 0.3 is 5.97 Å². The van der Waals surface area contributed by atoms with Crippen molar-refractivity contribution >= 4 is 5.97 Å². The van der Waals surface area contributed by atoms with E-state index in [9.17, 15) is 4.79 Å². The van der Waals surface area contributed by atoms with Crippen LogP contribution in [0.25, 0.3) is 0 Å². The third-order valence-electron chi connectivity index (χ3n) is 2.99. The Balaban J connectivity index is 2.22. The number of hydrogen-bond acceptors (Lipinski definition) is 5. The summed E-state index contributed by atoms with van der Waals surface area (Å²) in [5.41, 5.74) is 6.06. The van der Waals surface area contributed by atoms with Gasteiger partial charge < -0.3 is 25.1 Å². The maximum absolute atomic E-state index is 10.9. The van der Waals surface area contributed by atoms with Crippen LogP contribution in [0.15, 0.2) is 18.2 Å². The number of aliphatic carboxylic acids is 1. The van der Waals surface area contributed by atoms with E-state index >= 15 is 0 Å². The second-order valence-electron chi connectivity index (χ2n) is 4.33. The molecular weight excluding hydrogens is 250 g/mol. The van der Waals surface area contributed by atoms with Gasteiger partial charge in [0.25, 0.3) is 0 Å². The number of carboxylic acids is 1. The number of carbonyl (C=O) groups is 1. The highest BCUT2D eigenvalue weighted by atomic mass is 16.6. The molecule has 2 unspecified atom stereocenters. The van der Waals surface area contributed by atoms with E-state index in [0.29, 0.717) is 30.3 Å². The fraction of sp³-hybridized carbons (Fsp3) is 0.462. The van der Waals surface area contributed by atoms with Crippen LogP contribution in [-0.2, 0) is 9.53 Å². The lowest BCUT2D eigenvalue weighted by atomic mass is 10.1. The molecule has 2 atom stereocenters. The van der Waals surface area contributed by atoms with Crippen LogP contribution in [0.2, 0.25) is 0 Å². The molecule has 1 aromatic carbocycles. The lowest BCUT2D eigenvalue weighted by Gasteiger charge is -2.17. The summed E-state index contributed by atoms with van der Waals surface area (Å²) in [6.45, 7) is 1.19. The molecule has 0 spiro atoms. The van der Waals surface area contributed by atoms with E-state index in [1.54, 1.807) is 18.2 Å². The molecule has 1 aromatic rings. The van der Waals surface area contributed by atoms with Crippen molar-refractivity contribution in [2.45, 2.75) is 18.6 Å². The maximum Gasteiger partial charge on any atom is 0.325 e. The molecule has 6 nitrogen and oxygen atoms in total. The minimum atomic E-state index is -1.08. The minimum Gasteiger partial charge on any atom is -0.493 e. The van der Waals surface area contributed by atoms with Crippen molar-refractivity contribution in [2.75, 3.05) is 20.3 Å². The molecule has 6 heteroatoms. The zero-order valence-corrected chi connectivity index (χ0v) is 10.7. The summed E-state index contributed by atoms with van der Waals surface area (Å²) in [4.78, 5) is 10.9. The van der Waals surface area contributed by atoms with Gasteiger partial charge in [0.05, 0.1) is 20.3 Å². The molecule has 19 heavy (non-hydrogen) atoms. The first-order valence-corrected chi connectivity index (χ1v) is 6.02. The van der Waals surface area contributed by atoms with Gasteiger partial charge in [-0.15, -0.1) is 0 Å². The summed E-state index contributed by atoms with van der Waals surface area (Å²) >= 11 is 0. The Hall–Kier alpha value is -1.79. The molecule has 1 fully saturated rings. The highest BCUT2D eigenvalue weighted by Crippen LogP contribution is 2.31. The molecule has 0 saturated carbocycles. The summed E-state index contributed by atoms with van der Waals surface area (Å²) in [7, 11) is 1.53. The fourth-order valence-electron chi connectivity index (χ4n) is 1.91. The van der Waals surface area contributed by atoms with Crippen LogP contribution in [0, 0.1) is 0 Å². The van der Waals surface area contributed by atoms with E-state index in [4.69, 9.17) is 25.1 Å². The van der Waals surface area contributed by atoms with Crippen molar-refractivity contribution in [3.05, 3.63) is 23.8 Å². The molecule has 0 radical (unpaired) electrons. The Morgan fingerprint density at radius 3 is 2.89 bits per heavy atom. The van der Waals surface area contributed by atoms with Gasteiger partial charge in [0, 0.05) is 6.42 Å². The normalized spacial score (nSPS) is 20.0. The van der Waals surface area contributed by atoms with Crippen LogP contribution in [0.5, 0.6) is 11.5 Å². The van der Waals surface area contributed by atoms with E-state index in [2.05, 4.69) is 0 Å². The minimum absolute atomic E-state index is 0.0368. The Bertz CT molecular complexity index is 456. The maximum atomic E-state index is 10.9. The van der Waals surface area contributed by atoms with E-state index in [1.807, 2.05) is 0 Å². The van der Waals surface area contributed by atoms with Crippen LogP contribution in [0.4, 0.5) is 0 Å². The summed E-state index contributed by atoms with van der Waals surface area (Å²) in [5, 5.41) is 8.92. The molecule has 104 valence electrons. The van der Waals surface area contributed by atoms with Crippen molar-refractivity contribution in [3.8, 4) is 11.5 Å². The van der Waals surface area contributed by atoms with Crippen LogP contribution in [0.1, 0.15) is 18.0 Å². The molecule has 0 bridgehead atoms. The predicted octanol–water partition coefficient (Wildman–Crippen LogP) is 0.947. The lowest BCUT2D eigenvalue weighted by molar-refractivity contribution is -0.138. The van der Waals surface area contributed by atoms with E-state index in [1.165, 1.54) is 7.11 Å². The van der Waals surface area contributed by atoms with Crippen molar-refractivity contribution < 1.29 is 24.1 Å². The zero-order chi connectivity index (χ0) is 13.8. The highest BCUT2D eigenvalue weighted by Gasteiger charge is 2.21. The molecular formula is C13H17NO5. The molecule has 0 aromatic heterocycles. The average Bonchev–Trinajstić information content (AvgIpc) is 2.90. The zero-order valence-electron chi connectivity index (χ0n) is 10.7. The van der Waals surface area contributed by atoms with Gasteiger partial charge in [0.15, 0.2) is 11.5 Å². The molecule has 2 rings (SSSR count). The average molecular weight is 267 g/mol. The van der Waals surface area contributed by atoms with E-state index < -0.39 is 12.0 Å². The Labute approximate surface area is 111 Å². The summed E-state index contributed by atoms with van der Waals surface area (Å²) < 4.78 is 16.2. The molecule has 0 amide bonds. The van der Waals surface area contributed by atoms with Gasteiger partial charge in [-0.25, -0.2) is 0 Å². The number of methoxy groups -OCH3 is 1. The number of ether oxygens (including phenoxy) is 3. The number of rotatable bonds is 5. The predicted molar refractivity (Wildman–Crippen MR) is 67.4 cm³/mol. The number of hydrogen-bond donors (Lipinski definition) is 2. The molecule has 1 saturated heterocycles. The van der Waals surface area contributed by atoms with Gasteiger partial charge in [-0.3, -0.25) is 4.79 Å². The van der Waals surface area contributed by atoms with Gasteiger partial charge in [0.1, 0.15) is 12.1 Å². The second-order valence-corrected chi connectivity index (χ2v) is 4.33. The third-order valence-corrected chi connectivity index (χ3v) is 2.99. The first-order valence-electron chi connectivity index (χ1n) is 6.02. The monoisotopic (exact) mass is 267 g/mol. The lowest BCUT2D eigenvalue weighted by Crippen LogP contribution is -2.21. The molecule has 0 aliphatic carbocycles. The largest absolute Gasteiger partial charge is 0.493 e. The Morgan fingerprint density at radius 1 is 1.53 bits per heavy atom. The highest BCUT2D eigenvalue weighted by molar-refractivity contribution is 5.75. The fourth-order valence-corrected chi connectivity index (χ4v) is 1.91. The van der Waals surface area contributed by atoms with Crippen molar-refractivity contribution in [3.63, 3.8) is 0 Å². The molecule has 1 aliphatic rings.